The predicted molar refractivity (Wildman–Crippen MR) is 118 cm³/mol. The molecule has 5 heteroatoms. The van der Waals surface area contributed by atoms with Crippen LogP contribution in [0, 0.1) is 23.6 Å². The van der Waals surface area contributed by atoms with Crippen molar-refractivity contribution in [3.05, 3.63) is 62.8 Å². The van der Waals surface area contributed by atoms with Gasteiger partial charge in [-0.3, -0.25) is 0 Å². The van der Waals surface area contributed by atoms with Crippen LogP contribution in [0.15, 0.2) is 40.9 Å². The minimum atomic E-state index is -0.331. The lowest BCUT2D eigenvalue weighted by Crippen LogP contribution is -2.58. The Hall–Kier alpha value is -1.10. The lowest BCUT2D eigenvalue weighted by molar-refractivity contribution is -0.0206. The number of ether oxygens (including phenoxy) is 1. The van der Waals surface area contributed by atoms with Gasteiger partial charge in [-0.1, -0.05) is 33.6 Å². The van der Waals surface area contributed by atoms with Crippen molar-refractivity contribution in [2.45, 2.75) is 57.2 Å². The minimum Gasteiger partial charge on any atom is -0.488 e. The molecular formula is C24H26BrClFNO. The van der Waals surface area contributed by atoms with Crippen molar-refractivity contribution in [2.75, 3.05) is 0 Å². The maximum absolute atomic E-state index is 14.1. The van der Waals surface area contributed by atoms with E-state index in [0.717, 1.165) is 40.1 Å². The van der Waals surface area contributed by atoms with E-state index in [1.165, 1.54) is 44.6 Å². The lowest BCUT2D eigenvalue weighted by Gasteiger charge is -2.57. The van der Waals surface area contributed by atoms with E-state index < -0.39 is 0 Å². The molecule has 0 aliphatic heterocycles. The summed E-state index contributed by atoms with van der Waals surface area (Å²) in [5.74, 6) is 3.19. The largest absolute Gasteiger partial charge is 0.488 e. The molecule has 4 aliphatic carbocycles. The molecule has 2 nitrogen and oxygen atoms in total. The highest BCUT2D eigenvalue weighted by Gasteiger charge is 2.50. The summed E-state index contributed by atoms with van der Waals surface area (Å²) in [4.78, 5) is 0. The zero-order valence-electron chi connectivity index (χ0n) is 16.4. The first-order chi connectivity index (χ1) is 14.0. The third-order valence-electron chi connectivity index (χ3n) is 7.15. The number of rotatable bonds is 6. The van der Waals surface area contributed by atoms with Crippen molar-refractivity contribution >= 4 is 27.5 Å². The fourth-order valence-electron chi connectivity index (χ4n) is 6.26. The van der Waals surface area contributed by atoms with Crippen LogP contribution in [0.25, 0.3) is 0 Å². The monoisotopic (exact) mass is 477 g/mol. The highest BCUT2D eigenvalue weighted by atomic mass is 79.9. The first kappa shape index (κ1) is 19.8. The van der Waals surface area contributed by atoms with Gasteiger partial charge >= 0.3 is 0 Å². The SMILES string of the molecule is Fc1cccc(Cl)c1COc1ccc(Br)cc1CNC12CC3CC(CC(C3)C1)C2. The molecule has 4 fully saturated rings. The second kappa shape index (κ2) is 7.86. The van der Waals surface area contributed by atoms with Crippen LogP contribution in [0.1, 0.15) is 49.7 Å². The maximum atomic E-state index is 14.1. The summed E-state index contributed by atoms with van der Waals surface area (Å²) < 4.78 is 21.2. The van der Waals surface area contributed by atoms with Gasteiger partial charge in [0.2, 0.25) is 0 Å². The first-order valence-electron chi connectivity index (χ1n) is 10.6. The van der Waals surface area contributed by atoms with Gasteiger partial charge in [0, 0.05) is 27.7 Å². The predicted octanol–water partition coefficient (Wildman–Crippen LogP) is 6.88. The third-order valence-corrected chi connectivity index (χ3v) is 8.00. The molecule has 0 heterocycles. The molecule has 4 saturated carbocycles. The van der Waals surface area contributed by atoms with Crippen LogP contribution < -0.4 is 10.1 Å². The Bertz CT molecular complexity index is 862. The number of halogens is 3. The molecule has 6 rings (SSSR count). The average Bonchev–Trinajstić information content (AvgIpc) is 2.66. The van der Waals surface area contributed by atoms with E-state index in [1.54, 1.807) is 12.1 Å². The minimum absolute atomic E-state index is 0.123. The molecule has 29 heavy (non-hydrogen) atoms. The summed E-state index contributed by atoms with van der Waals surface area (Å²) in [6, 6.07) is 10.7. The Morgan fingerprint density at radius 1 is 1.07 bits per heavy atom. The normalized spacial score (nSPS) is 30.0. The molecule has 0 radical (unpaired) electrons. The first-order valence-corrected chi connectivity index (χ1v) is 11.8. The van der Waals surface area contributed by atoms with Gasteiger partial charge in [-0.15, -0.1) is 0 Å². The third kappa shape index (κ3) is 4.08. The van der Waals surface area contributed by atoms with Crippen molar-refractivity contribution < 1.29 is 9.13 Å². The highest BCUT2D eigenvalue weighted by Crippen LogP contribution is 2.55. The summed E-state index contributed by atoms with van der Waals surface area (Å²) in [6.07, 6.45) is 8.26. The standard InChI is InChI=1S/C24H26BrClFNO/c25-19-4-5-23(29-14-20-21(26)2-1-3-22(20)27)18(9-19)13-28-24-10-15-6-16(11-24)8-17(7-15)12-24/h1-5,9,15-17,28H,6-8,10-14H2. The van der Waals surface area contributed by atoms with Gasteiger partial charge in [-0.2, -0.15) is 0 Å². The van der Waals surface area contributed by atoms with Crippen molar-refractivity contribution in [3.63, 3.8) is 0 Å². The van der Waals surface area contributed by atoms with Crippen molar-refractivity contribution in [1.82, 2.24) is 5.32 Å². The highest BCUT2D eigenvalue weighted by molar-refractivity contribution is 9.10. The number of hydrogen-bond acceptors (Lipinski definition) is 2. The van der Waals surface area contributed by atoms with Gasteiger partial charge in [0.25, 0.3) is 0 Å². The number of hydrogen-bond donors (Lipinski definition) is 1. The Morgan fingerprint density at radius 2 is 1.76 bits per heavy atom. The van der Waals surface area contributed by atoms with Crippen molar-refractivity contribution in [2.24, 2.45) is 17.8 Å². The van der Waals surface area contributed by atoms with E-state index in [1.807, 2.05) is 12.1 Å². The Labute approximate surface area is 185 Å². The van der Waals surface area contributed by atoms with Crippen LogP contribution in [0.4, 0.5) is 4.39 Å². The fraction of sp³-hybridized carbons (Fsp3) is 0.500. The van der Waals surface area contributed by atoms with Gasteiger partial charge in [0.1, 0.15) is 18.2 Å². The zero-order chi connectivity index (χ0) is 20.0. The van der Waals surface area contributed by atoms with Crippen LogP contribution in [-0.2, 0) is 13.2 Å². The van der Waals surface area contributed by atoms with E-state index in [9.17, 15) is 4.39 Å². The maximum Gasteiger partial charge on any atom is 0.131 e. The van der Waals surface area contributed by atoms with Crippen LogP contribution in [0.5, 0.6) is 5.75 Å². The van der Waals surface area contributed by atoms with E-state index in [4.69, 9.17) is 16.3 Å². The van der Waals surface area contributed by atoms with Crippen molar-refractivity contribution in [1.29, 1.82) is 0 Å². The molecule has 0 aromatic heterocycles. The van der Waals surface area contributed by atoms with E-state index >= 15 is 0 Å². The van der Waals surface area contributed by atoms with Crippen molar-refractivity contribution in [3.8, 4) is 5.75 Å². The topological polar surface area (TPSA) is 21.3 Å². The molecule has 0 saturated heterocycles. The van der Waals surface area contributed by atoms with E-state index in [-0.39, 0.29) is 12.4 Å². The average molecular weight is 479 g/mol. The summed E-state index contributed by atoms with van der Waals surface area (Å²) in [6.45, 7) is 0.892. The summed E-state index contributed by atoms with van der Waals surface area (Å²) >= 11 is 9.74. The van der Waals surface area contributed by atoms with Crippen LogP contribution in [0.3, 0.4) is 0 Å². The van der Waals surface area contributed by atoms with Gasteiger partial charge in [-0.25, -0.2) is 4.39 Å². The van der Waals surface area contributed by atoms with Crippen LogP contribution in [-0.4, -0.2) is 5.54 Å². The zero-order valence-corrected chi connectivity index (χ0v) is 18.7. The molecule has 4 bridgehead atoms. The lowest BCUT2D eigenvalue weighted by atomic mass is 9.53. The molecule has 0 spiro atoms. The Morgan fingerprint density at radius 3 is 2.41 bits per heavy atom. The second-order valence-electron chi connectivity index (χ2n) is 9.29. The van der Waals surface area contributed by atoms with Gasteiger partial charge in [0.15, 0.2) is 0 Å². The fourth-order valence-corrected chi connectivity index (χ4v) is 6.88. The summed E-state index contributed by atoms with van der Waals surface area (Å²) in [5.41, 5.74) is 1.79. The van der Waals surface area contributed by atoms with Gasteiger partial charge < -0.3 is 10.1 Å². The second-order valence-corrected chi connectivity index (χ2v) is 10.6. The molecule has 0 unspecified atom stereocenters. The molecule has 2 aromatic rings. The van der Waals surface area contributed by atoms with Gasteiger partial charge in [-0.05, 0) is 86.6 Å². The molecule has 154 valence electrons. The quantitative estimate of drug-likeness (QED) is 0.488. The molecule has 4 aliphatic rings. The molecule has 2 aromatic carbocycles. The smallest absolute Gasteiger partial charge is 0.131 e. The molecule has 1 N–H and O–H groups in total. The summed E-state index contributed by atoms with van der Waals surface area (Å²) in [7, 11) is 0. The molecule has 0 amide bonds. The Balaban J connectivity index is 1.31. The molecule has 0 atom stereocenters. The van der Waals surface area contributed by atoms with E-state index in [2.05, 4.69) is 27.3 Å². The van der Waals surface area contributed by atoms with Crippen LogP contribution >= 0.6 is 27.5 Å². The summed E-state index contributed by atoms with van der Waals surface area (Å²) in [5, 5.41) is 4.33. The van der Waals surface area contributed by atoms with Crippen LogP contribution in [0.2, 0.25) is 5.02 Å². The van der Waals surface area contributed by atoms with E-state index in [0.29, 0.717) is 16.1 Å². The number of nitrogens with one attached hydrogen (secondary N) is 1. The molecular weight excluding hydrogens is 453 g/mol. The Kier molecular flexibility index (Phi) is 5.38. The van der Waals surface area contributed by atoms with Gasteiger partial charge in [0.05, 0.1) is 5.02 Å². The number of benzene rings is 2.